The van der Waals surface area contributed by atoms with Crippen LogP contribution in [0.4, 0.5) is 0 Å². The number of nitriles is 1. The topological polar surface area (TPSA) is 45.5 Å². The van der Waals surface area contributed by atoms with E-state index in [9.17, 15) is 5.26 Å². The first kappa shape index (κ1) is 13.4. The molecule has 3 heterocycles. The molecule has 3 rings (SSSR count). The smallest absolute Gasteiger partial charge is 0.0980 e. The Morgan fingerprint density at radius 2 is 1.95 bits per heavy atom. The second-order valence-electron chi connectivity index (χ2n) is 6.17. The molecule has 0 aromatic rings. The average Bonchev–Trinajstić information content (AvgIpc) is 2.48. The predicted molar refractivity (Wildman–Crippen MR) is 71.7 cm³/mol. The fraction of sp³-hybridized carbons (Fsp3) is 0.933. The van der Waals surface area contributed by atoms with Crippen LogP contribution in [0.15, 0.2) is 0 Å². The molecule has 0 aromatic carbocycles. The maximum absolute atomic E-state index is 9.35. The van der Waals surface area contributed by atoms with Crippen LogP contribution < -0.4 is 0 Å². The van der Waals surface area contributed by atoms with E-state index in [0.717, 1.165) is 58.5 Å². The lowest BCUT2D eigenvalue weighted by molar-refractivity contribution is -0.154. The molecule has 3 saturated heterocycles. The van der Waals surface area contributed by atoms with Gasteiger partial charge in [-0.05, 0) is 51.5 Å². The number of hydrogen-bond acceptors (Lipinski definition) is 4. The van der Waals surface area contributed by atoms with Gasteiger partial charge in [0.25, 0.3) is 0 Å². The van der Waals surface area contributed by atoms with Gasteiger partial charge < -0.3 is 9.47 Å². The Kier molecular flexibility index (Phi) is 4.07. The predicted octanol–water partition coefficient (Wildman–Crippen LogP) is 2.09. The third-order valence-corrected chi connectivity index (χ3v) is 5.03. The van der Waals surface area contributed by atoms with E-state index in [-0.39, 0.29) is 11.6 Å². The highest BCUT2D eigenvalue weighted by Gasteiger charge is 2.42. The van der Waals surface area contributed by atoms with Gasteiger partial charge in [0.1, 0.15) is 0 Å². The standard InChI is InChI=1S/C15H24N2O2/c16-12-14-3-1-2-7-17(14)13-4-8-19-15(11-13)5-9-18-10-6-15/h13-14H,1-11H2. The summed E-state index contributed by atoms with van der Waals surface area (Å²) in [6.07, 6.45) is 7.71. The van der Waals surface area contributed by atoms with Crippen LogP contribution in [-0.2, 0) is 9.47 Å². The lowest BCUT2D eigenvalue weighted by Gasteiger charge is -2.48. The number of nitrogens with zero attached hydrogens (tertiary/aromatic N) is 2. The zero-order chi connectivity index (χ0) is 13.1. The van der Waals surface area contributed by atoms with Gasteiger partial charge in [-0.25, -0.2) is 0 Å². The summed E-state index contributed by atoms with van der Waals surface area (Å²) < 4.78 is 11.6. The van der Waals surface area contributed by atoms with Gasteiger partial charge in [-0.3, -0.25) is 4.90 Å². The fourth-order valence-electron chi connectivity index (χ4n) is 3.91. The molecule has 4 heteroatoms. The van der Waals surface area contributed by atoms with E-state index in [1.807, 2.05) is 0 Å². The summed E-state index contributed by atoms with van der Waals surface area (Å²) in [6.45, 7) is 3.59. The molecule has 3 aliphatic heterocycles. The van der Waals surface area contributed by atoms with Crippen LogP contribution in [0.3, 0.4) is 0 Å². The zero-order valence-electron chi connectivity index (χ0n) is 11.6. The molecular formula is C15H24N2O2. The van der Waals surface area contributed by atoms with Crippen molar-refractivity contribution < 1.29 is 9.47 Å². The highest BCUT2D eigenvalue weighted by Crippen LogP contribution is 2.37. The summed E-state index contributed by atoms with van der Waals surface area (Å²) in [6, 6.07) is 3.17. The molecule has 0 radical (unpaired) electrons. The van der Waals surface area contributed by atoms with Gasteiger partial charge >= 0.3 is 0 Å². The van der Waals surface area contributed by atoms with Crippen LogP contribution in [0.5, 0.6) is 0 Å². The van der Waals surface area contributed by atoms with Crippen LogP contribution in [0, 0.1) is 11.3 Å². The Morgan fingerprint density at radius 1 is 1.11 bits per heavy atom. The number of piperidine rings is 1. The van der Waals surface area contributed by atoms with Crippen molar-refractivity contribution in [1.29, 1.82) is 5.26 Å². The van der Waals surface area contributed by atoms with E-state index < -0.39 is 0 Å². The lowest BCUT2D eigenvalue weighted by Crippen LogP contribution is -2.54. The highest BCUT2D eigenvalue weighted by atomic mass is 16.5. The molecule has 0 N–H and O–H groups in total. The molecule has 3 aliphatic rings. The van der Waals surface area contributed by atoms with Crippen LogP contribution in [0.1, 0.15) is 44.9 Å². The lowest BCUT2D eigenvalue weighted by atomic mass is 9.82. The summed E-state index contributed by atoms with van der Waals surface area (Å²) >= 11 is 0. The zero-order valence-corrected chi connectivity index (χ0v) is 11.6. The maximum atomic E-state index is 9.35. The van der Waals surface area contributed by atoms with E-state index in [1.54, 1.807) is 0 Å². The van der Waals surface area contributed by atoms with Crippen molar-refractivity contribution in [2.45, 2.75) is 62.6 Å². The summed E-state index contributed by atoms with van der Waals surface area (Å²) in [5.41, 5.74) is 0.0403. The van der Waals surface area contributed by atoms with E-state index in [2.05, 4.69) is 11.0 Å². The van der Waals surface area contributed by atoms with Crippen LogP contribution in [0.25, 0.3) is 0 Å². The molecular weight excluding hydrogens is 240 g/mol. The van der Waals surface area contributed by atoms with Gasteiger partial charge in [-0.2, -0.15) is 5.26 Å². The second kappa shape index (κ2) is 5.78. The summed E-state index contributed by atoms with van der Waals surface area (Å²) in [7, 11) is 0. The van der Waals surface area contributed by atoms with E-state index in [1.165, 1.54) is 12.8 Å². The third kappa shape index (κ3) is 2.79. The molecule has 3 fully saturated rings. The van der Waals surface area contributed by atoms with E-state index in [0.29, 0.717) is 6.04 Å². The molecule has 1 spiro atoms. The monoisotopic (exact) mass is 264 g/mol. The molecule has 2 unspecified atom stereocenters. The minimum atomic E-state index is 0.0403. The molecule has 0 bridgehead atoms. The van der Waals surface area contributed by atoms with E-state index in [4.69, 9.17) is 9.47 Å². The molecule has 0 saturated carbocycles. The Hall–Kier alpha value is -0.630. The van der Waals surface area contributed by atoms with Crippen molar-refractivity contribution in [1.82, 2.24) is 4.90 Å². The van der Waals surface area contributed by atoms with Gasteiger partial charge in [0.05, 0.1) is 17.7 Å². The Bertz CT molecular complexity index is 341. The first-order valence-corrected chi connectivity index (χ1v) is 7.70. The second-order valence-corrected chi connectivity index (χ2v) is 6.17. The molecule has 4 nitrogen and oxygen atoms in total. The molecule has 106 valence electrons. The normalized spacial score (nSPS) is 35.9. The van der Waals surface area contributed by atoms with Crippen molar-refractivity contribution in [3.63, 3.8) is 0 Å². The van der Waals surface area contributed by atoms with E-state index >= 15 is 0 Å². The van der Waals surface area contributed by atoms with Crippen molar-refractivity contribution in [3.8, 4) is 6.07 Å². The van der Waals surface area contributed by atoms with Crippen LogP contribution >= 0.6 is 0 Å². The summed E-state index contributed by atoms with van der Waals surface area (Å²) in [5, 5.41) is 9.35. The largest absolute Gasteiger partial charge is 0.381 e. The number of likely N-dealkylation sites (tertiary alicyclic amines) is 1. The Labute approximate surface area is 115 Å². The first-order valence-electron chi connectivity index (χ1n) is 7.70. The highest BCUT2D eigenvalue weighted by molar-refractivity contribution is 5.00. The van der Waals surface area contributed by atoms with Gasteiger partial charge in [0.2, 0.25) is 0 Å². The number of rotatable bonds is 1. The maximum Gasteiger partial charge on any atom is 0.0980 e. The number of hydrogen-bond donors (Lipinski definition) is 0. The third-order valence-electron chi connectivity index (χ3n) is 5.03. The first-order chi connectivity index (χ1) is 9.33. The molecule has 2 atom stereocenters. The van der Waals surface area contributed by atoms with Gasteiger partial charge in [-0.15, -0.1) is 0 Å². The van der Waals surface area contributed by atoms with Crippen LogP contribution in [0.2, 0.25) is 0 Å². The van der Waals surface area contributed by atoms with Crippen molar-refractivity contribution in [2.24, 2.45) is 0 Å². The van der Waals surface area contributed by atoms with Crippen molar-refractivity contribution >= 4 is 0 Å². The molecule has 0 aliphatic carbocycles. The van der Waals surface area contributed by atoms with Crippen molar-refractivity contribution in [3.05, 3.63) is 0 Å². The molecule has 0 aromatic heterocycles. The minimum absolute atomic E-state index is 0.0403. The van der Waals surface area contributed by atoms with Gasteiger partial charge in [0, 0.05) is 25.9 Å². The summed E-state index contributed by atoms with van der Waals surface area (Å²) in [4.78, 5) is 2.46. The Morgan fingerprint density at radius 3 is 2.74 bits per heavy atom. The van der Waals surface area contributed by atoms with Gasteiger partial charge in [0.15, 0.2) is 0 Å². The molecule has 0 amide bonds. The van der Waals surface area contributed by atoms with Crippen molar-refractivity contribution in [2.75, 3.05) is 26.4 Å². The minimum Gasteiger partial charge on any atom is -0.381 e. The summed E-state index contributed by atoms with van der Waals surface area (Å²) in [5.74, 6) is 0. The quantitative estimate of drug-likeness (QED) is 0.727. The average molecular weight is 264 g/mol. The number of ether oxygens (including phenoxy) is 2. The van der Waals surface area contributed by atoms with Crippen LogP contribution in [-0.4, -0.2) is 49.0 Å². The Balaban J connectivity index is 1.68. The van der Waals surface area contributed by atoms with Gasteiger partial charge in [-0.1, -0.05) is 0 Å². The molecule has 19 heavy (non-hydrogen) atoms. The SMILES string of the molecule is N#CC1CCCCN1C1CCOC2(CCOCC2)C1. The fourth-order valence-corrected chi connectivity index (χ4v) is 3.91.